The summed E-state index contributed by atoms with van der Waals surface area (Å²) < 4.78 is 69.6. The number of halogens is 4. The van der Waals surface area contributed by atoms with Crippen LogP contribution < -0.4 is 10.3 Å². The highest BCUT2D eigenvalue weighted by molar-refractivity contribution is 7.90. The van der Waals surface area contributed by atoms with Crippen molar-refractivity contribution in [2.45, 2.75) is 17.6 Å². The fourth-order valence-electron chi connectivity index (χ4n) is 0.934. The minimum absolute atomic E-state index is 1.13. The Bertz CT molecular complexity index is 464. The van der Waals surface area contributed by atoms with Crippen molar-refractivity contribution in [3.8, 4) is 0 Å². The fraction of sp³-hybridized carbons (Fsp3) is 0.800. The molecule has 0 fully saturated rings. The van der Waals surface area contributed by atoms with Gasteiger partial charge in [-0.1, -0.05) is 23.2 Å². The molecule has 0 aliphatic heterocycles. The molecule has 0 aromatic rings. The lowest BCUT2D eigenvalue weighted by Gasteiger charge is -2.24. The quantitative estimate of drug-likeness (QED) is 0.706. The van der Waals surface area contributed by atoms with Gasteiger partial charge in [0.25, 0.3) is 5.92 Å². The molecule has 0 aliphatic carbocycles. The highest BCUT2D eigenvalue weighted by atomic mass is 35.5. The summed E-state index contributed by atoms with van der Waals surface area (Å²) >= 11 is 10.1. The molecule has 0 spiro atoms. The van der Waals surface area contributed by atoms with Gasteiger partial charge in [-0.15, -0.1) is 0 Å². The summed E-state index contributed by atoms with van der Waals surface area (Å²) in [5, 5.41) is 6.36. The van der Waals surface area contributed by atoms with E-state index in [-0.39, 0.29) is 0 Å². The van der Waals surface area contributed by atoms with Crippen LogP contribution in [0, 0.1) is 4.84 Å². The Morgan fingerprint density at radius 1 is 1.18 bits per heavy atom. The van der Waals surface area contributed by atoms with E-state index in [9.17, 15) is 25.6 Å². The minimum Gasteiger partial charge on any atom is -0.229 e. The smallest absolute Gasteiger partial charge is 0.229 e. The van der Waals surface area contributed by atoms with Gasteiger partial charge in [-0.05, 0) is 0 Å². The Balaban J connectivity index is 5.12. The average Bonchev–Trinajstić information content (AvgIpc) is 1.94. The fourth-order valence-corrected chi connectivity index (χ4v) is 3.40. The predicted octanol–water partition coefficient (Wildman–Crippen LogP) is -0.0755. The second-order valence-corrected chi connectivity index (χ2v) is 7.53. The van der Waals surface area contributed by atoms with Crippen LogP contribution in [-0.4, -0.2) is 33.8 Å². The maximum atomic E-state index is 13.4. The molecule has 0 aromatic heterocycles. The first kappa shape index (κ1) is 17.3. The maximum absolute atomic E-state index is 13.4. The summed E-state index contributed by atoms with van der Waals surface area (Å²) in [5.41, 5.74) is 0. The van der Waals surface area contributed by atoms with Crippen LogP contribution in [-0.2, 0) is 20.0 Å². The van der Waals surface area contributed by atoms with Gasteiger partial charge < -0.3 is 0 Å². The van der Waals surface area contributed by atoms with E-state index >= 15 is 0 Å². The van der Waals surface area contributed by atoms with Crippen molar-refractivity contribution >= 4 is 43.2 Å². The van der Waals surface area contributed by atoms with Gasteiger partial charge in [0.2, 0.25) is 20.0 Å². The van der Waals surface area contributed by atoms with E-state index in [1.807, 2.05) is 0 Å². The molecule has 0 saturated heterocycles. The second kappa shape index (κ2) is 5.49. The van der Waals surface area contributed by atoms with Crippen molar-refractivity contribution in [1.29, 1.82) is 0 Å². The van der Waals surface area contributed by atoms with Crippen molar-refractivity contribution in [3.05, 3.63) is 4.84 Å². The lowest BCUT2D eigenvalue weighted by molar-refractivity contribution is 0.00171. The summed E-state index contributed by atoms with van der Waals surface area (Å²) in [6, 6.07) is 0. The van der Waals surface area contributed by atoms with Gasteiger partial charge in [0.1, 0.15) is 0 Å². The second-order valence-electron chi connectivity index (χ2n) is 3.14. The molecular weight excluding hydrogens is 325 g/mol. The molecule has 0 saturated carbocycles. The molecule has 0 bridgehead atoms. The molecular formula is C5H9Cl2F2N2O4S2. The summed E-state index contributed by atoms with van der Waals surface area (Å²) in [6.07, 6.45) is -1.37. The summed E-state index contributed by atoms with van der Waals surface area (Å²) in [6.45, 7) is 0. The van der Waals surface area contributed by atoms with Crippen molar-refractivity contribution in [1.82, 2.24) is 0 Å². The standard InChI is InChI=1S/C5H9Cl2F2N2O4S2/c6-4(7)3(17(11,14)15)5(8,9)1-2-16(10,12)13/h3H,1-2H2,(H2,10,12,13)(H2,11,14,15). The predicted molar refractivity (Wildman–Crippen MR) is 59.4 cm³/mol. The van der Waals surface area contributed by atoms with Crippen LogP contribution >= 0.6 is 23.2 Å². The first-order chi connectivity index (χ1) is 7.27. The molecule has 1 unspecified atom stereocenters. The monoisotopic (exact) mass is 333 g/mol. The molecule has 0 rings (SSSR count). The molecule has 1 radical (unpaired) electrons. The number of hydrogen-bond acceptors (Lipinski definition) is 4. The van der Waals surface area contributed by atoms with Crippen LogP contribution in [0.4, 0.5) is 8.78 Å². The molecule has 1 atom stereocenters. The Labute approximate surface area is 107 Å². The lowest BCUT2D eigenvalue weighted by atomic mass is 10.2. The largest absolute Gasteiger partial charge is 0.270 e. The number of primary sulfonamides is 2. The third-order valence-corrected chi connectivity index (χ3v) is 4.34. The topological polar surface area (TPSA) is 120 Å². The molecule has 0 aliphatic rings. The molecule has 103 valence electrons. The Morgan fingerprint density at radius 2 is 1.59 bits per heavy atom. The number of alkyl halides is 2. The van der Waals surface area contributed by atoms with Gasteiger partial charge in [0, 0.05) is 6.42 Å². The molecule has 12 heteroatoms. The van der Waals surface area contributed by atoms with Crippen LogP contribution in [0.15, 0.2) is 0 Å². The van der Waals surface area contributed by atoms with E-state index in [1.54, 1.807) is 0 Å². The van der Waals surface area contributed by atoms with Gasteiger partial charge in [-0.3, -0.25) is 0 Å². The zero-order chi connectivity index (χ0) is 14.1. The molecule has 4 N–H and O–H groups in total. The Morgan fingerprint density at radius 3 is 1.82 bits per heavy atom. The van der Waals surface area contributed by atoms with E-state index in [4.69, 9.17) is 23.2 Å². The number of hydrogen-bond donors (Lipinski definition) is 2. The van der Waals surface area contributed by atoms with Gasteiger partial charge >= 0.3 is 0 Å². The summed E-state index contributed by atoms with van der Waals surface area (Å²) in [7, 11) is -8.95. The number of sulfonamides is 2. The highest BCUT2D eigenvalue weighted by Gasteiger charge is 2.51. The Hall–Kier alpha value is 0.260. The minimum atomic E-state index is -4.78. The van der Waals surface area contributed by atoms with Crippen molar-refractivity contribution < 1.29 is 25.6 Å². The van der Waals surface area contributed by atoms with Gasteiger partial charge in [0.15, 0.2) is 10.1 Å². The van der Waals surface area contributed by atoms with E-state index in [1.165, 1.54) is 0 Å². The van der Waals surface area contributed by atoms with Crippen LogP contribution in [0.1, 0.15) is 6.42 Å². The van der Waals surface area contributed by atoms with E-state index in [0.29, 0.717) is 0 Å². The molecule has 0 aromatic carbocycles. The average molecular weight is 334 g/mol. The van der Waals surface area contributed by atoms with Crippen LogP contribution in [0.5, 0.6) is 0 Å². The van der Waals surface area contributed by atoms with E-state index in [2.05, 4.69) is 10.3 Å². The van der Waals surface area contributed by atoms with Crippen LogP contribution in [0.3, 0.4) is 0 Å². The van der Waals surface area contributed by atoms with Crippen LogP contribution in [0.25, 0.3) is 0 Å². The lowest BCUT2D eigenvalue weighted by Crippen LogP contribution is -2.46. The molecule has 0 amide bonds. The summed E-state index contributed by atoms with van der Waals surface area (Å²) in [5.74, 6) is -5.17. The van der Waals surface area contributed by atoms with Crippen molar-refractivity contribution in [2.75, 3.05) is 5.75 Å². The first-order valence-electron chi connectivity index (χ1n) is 3.85. The normalized spacial score (nSPS) is 16.2. The molecule has 17 heavy (non-hydrogen) atoms. The zero-order valence-corrected chi connectivity index (χ0v) is 11.3. The Kier molecular flexibility index (Phi) is 5.57. The molecule has 6 nitrogen and oxygen atoms in total. The van der Waals surface area contributed by atoms with Gasteiger partial charge in [-0.2, -0.15) is 0 Å². The van der Waals surface area contributed by atoms with Gasteiger partial charge in [-0.25, -0.2) is 35.9 Å². The SMILES string of the molecule is NS(=O)(=O)CCC(F)(F)C([C](Cl)Cl)S(N)(=O)=O. The maximum Gasteiger partial charge on any atom is 0.270 e. The third-order valence-electron chi connectivity index (χ3n) is 1.63. The van der Waals surface area contributed by atoms with Crippen LogP contribution in [0.2, 0.25) is 0 Å². The van der Waals surface area contributed by atoms with Gasteiger partial charge in [0.05, 0.1) is 5.75 Å². The van der Waals surface area contributed by atoms with Crippen molar-refractivity contribution in [2.24, 2.45) is 10.3 Å². The zero-order valence-electron chi connectivity index (χ0n) is 8.11. The molecule has 0 heterocycles. The summed E-state index contributed by atoms with van der Waals surface area (Å²) in [4.78, 5) is -1.17. The highest BCUT2D eigenvalue weighted by Crippen LogP contribution is 2.37. The van der Waals surface area contributed by atoms with E-state index in [0.717, 1.165) is 0 Å². The first-order valence-corrected chi connectivity index (χ1v) is 7.93. The van der Waals surface area contributed by atoms with Crippen molar-refractivity contribution in [3.63, 3.8) is 0 Å². The third kappa shape index (κ3) is 6.11. The number of rotatable bonds is 6. The van der Waals surface area contributed by atoms with E-state index < -0.39 is 48.2 Å². The number of nitrogens with two attached hydrogens (primary N) is 2.